The second kappa shape index (κ2) is 4.00. The minimum atomic E-state index is 0.471. The summed E-state index contributed by atoms with van der Waals surface area (Å²) in [6.07, 6.45) is 4.98. The quantitative estimate of drug-likeness (QED) is 0.815. The van der Waals surface area contributed by atoms with Crippen LogP contribution in [-0.2, 0) is 6.54 Å². The van der Waals surface area contributed by atoms with Crippen molar-refractivity contribution >= 4 is 11.8 Å². The van der Waals surface area contributed by atoms with E-state index in [-0.39, 0.29) is 0 Å². The highest BCUT2D eigenvalue weighted by Gasteiger charge is 2.05. The van der Waals surface area contributed by atoms with Gasteiger partial charge in [0.05, 0.1) is 12.5 Å². The van der Waals surface area contributed by atoms with Crippen LogP contribution in [0.15, 0.2) is 35.3 Å². The van der Waals surface area contributed by atoms with Crippen molar-refractivity contribution in [2.24, 2.45) is 0 Å². The van der Waals surface area contributed by atoms with Crippen LogP contribution in [0.5, 0.6) is 0 Å². The van der Waals surface area contributed by atoms with E-state index in [1.807, 2.05) is 18.0 Å². The predicted molar refractivity (Wildman–Crippen MR) is 57.3 cm³/mol. The van der Waals surface area contributed by atoms with Gasteiger partial charge in [-0.2, -0.15) is 4.98 Å². The number of aromatic nitrogens is 2. The highest BCUT2D eigenvalue weighted by atomic mass is 16.3. The van der Waals surface area contributed by atoms with Gasteiger partial charge in [0.1, 0.15) is 5.82 Å². The van der Waals surface area contributed by atoms with Crippen LogP contribution < -0.4 is 10.6 Å². The summed E-state index contributed by atoms with van der Waals surface area (Å²) < 4.78 is 4.98. The van der Waals surface area contributed by atoms with E-state index < -0.39 is 0 Å². The lowest BCUT2D eigenvalue weighted by Gasteiger charge is -2.15. The van der Waals surface area contributed by atoms with E-state index in [4.69, 9.17) is 10.2 Å². The molecule has 5 heteroatoms. The molecule has 2 aromatic rings. The number of nitrogens with two attached hydrogens (primary N) is 1. The molecule has 0 aliphatic rings. The first-order chi connectivity index (χ1) is 7.25. The predicted octanol–water partition coefficient (Wildman–Crippen LogP) is 1.29. The lowest BCUT2D eigenvalue weighted by molar-refractivity contribution is 0.563. The van der Waals surface area contributed by atoms with Crippen molar-refractivity contribution in [3.8, 4) is 0 Å². The normalized spacial score (nSPS) is 10.2. The Morgan fingerprint density at radius 3 is 3.00 bits per heavy atom. The third kappa shape index (κ3) is 2.25. The molecule has 5 nitrogen and oxygen atoms in total. The minimum absolute atomic E-state index is 0.471. The first-order valence-corrected chi connectivity index (χ1v) is 4.56. The van der Waals surface area contributed by atoms with Crippen LogP contribution in [-0.4, -0.2) is 17.0 Å². The number of furan rings is 1. The minimum Gasteiger partial charge on any atom is -0.472 e. The first-order valence-electron chi connectivity index (χ1n) is 4.56. The second-order valence-electron chi connectivity index (χ2n) is 3.27. The Labute approximate surface area is 87.6 Å². The van der Waals surface area contributed by atoms with E-state index in [0.717, 1.165) is 5.56 Å². The molecule has 15 heavy (non-hydrogen) atoms. The standard InChI is InChI=1S/C10H12N4O/c1-14(6-8-3-5-15-7-8)10-12-4-2-9(11)13-10/h2-5,7H,6H2,1H3,(H2,11,12,13). The van der Waals surface area contributed by atoms with Gasteiger partial charge in [0.2, 0.25) is 5.95 Å². The molecule has 2 heterocycles. The summed E-state index contributed by atoms with van der Waals surface area (Å²) >= 11 is 0. The molecule has 0 saturated carbocycles. The fraction of sp³-hybridized carbons (Fsp3) is 0.200. The zero-order chi connectivity index (χ0) is 10.7. The number of rotatable bonds is 3. The Hall–Kier alpha value is -2.04. The zero-order valence-corrected chi connectivity index (χ0v) is 8.42. The molecule has 0 bridgehead atoms. The van der Waals surface area contributed by atoms with Crippen molar-refractivity contribution in [2.45, 2.75) is 6.54 Å². The van der Waals surface area contributed by atoms with Crippen LogP contribution in [0.2, 0.25) is 0 Å². The summed E-state index contributed by atoms with van der Waals surface area (Å²) in [5.74, 6) is 1.08. The number of nitrogen functional groups attached to an aromatic ring is 1. The van der Waals surface area contributed by atoms with Gasteiger partial charge in [-0.3, -0.25) is 0 Å². The molecule has 2 rings (SSSR count). The monoisotopic (exact) mass is 204 g/mol. The molecule has 0 aromatic carbocycles. The van der Waals surface area contributed by atoms with Gasteiger partial charge in [0, 0.05) is 25.4 Å². The maximum absolute atomic E-state index is 5.57. The van der Waals surface area contributed by atoms with E-state index in [1.54, 1.807) is 24.8 Å². The molecular formula is C10H12N4O. The zero-order valence-electron chi connectivity index (χ0n) is 8.42. The van der Waals surface area contributed by atoms with E-state index in [9.17, 15) is 0 Å². The fourth-order valence-corrected chi connectivity index (χ4v) is 1.27. The molecule has 0 radical (unpaired) electrons. The Morgan fingerprint density at radius 2 is 2.33 bits per heavy atom. The molecule has 78 valence electrons. The van der Waals surface area contributed by atoms with Crippen LogP contribution in [0.4, 0.5) is 11.8 Å². The van der Waals surface area contributed by atoms with E-state index in [1.165, 1.54) is 0 Å². The lowest BCUT2D eigenvalue weighted by atomic mass is 10.3. The lowest BCUT2D eigenvalue weighted by Crippen LogP contribution is -2.19. The van der Waals surface area contributed by atoms with Crippen LogP contribution in [0.1, 0.15) is 5.56 Å². The largest absolute Gasteiger partial charge is 0.472 e. The highest BCUT2D eigenvalue weighted by Crippen LogP contribution is 2.11. The van der Waals surface area contributed by atoms with Gasteiger partial charge in [-0.1, -0.05) is 0 Å². The molecule has 0 fully saturated rings. The Bertz CT molecular complexity index is 427. The molecule has 0 atom stereocenters. The summed E-state index contributed by atoms with van der Waals surface area (Å²) in [4.78, 5) is 10.1. The Kier molecular flexibility index (Phi) is 2.53. The molecule has 0 unspecified atom stereocenters. The van der Waals surface area contributed by atoms with Gasteiger partial charge in [0.15, 0.2) is 0 Å². The summed E-state index contributed by atoms with van der Waals surface area (Å²) in [7, 11) is 1.90. The summed E-state index contributed by atoms with van der Waals surface area (Å²) in [5.41, 5.74) is 6.65. The number of hydrogen-bond donors (Lipinski definition) is 1. The third-order valence-electron chi connectivity index (χ3n) is 2.01. The van der Waals surface area contributed by atoms with Crippen molar-refractivity contribution in [3.05, 3.63) is 36.4 Å². The van der Waals surface area contributed by atoms with Crippen molar-refractivity contribution < 1.29 is 4.42 Å². The van der Waals surface area contributed by atoms with Crippen LogP contribution in [0.3, 0.4) is 0 Å². The van der Waals surface area contributed by atoms with Crippen LogP contribution in [0.25, 0.3) is 0 Å². The van der Waals surface area contributed by atoms with Gasteiger partial charge in [-0.15, -0.1) is 0 Å². The summed E-state index contributed by atoms with van der Waals surface area (Å²) in [5, 5.41) is 0. The second-order valence-corrected chi connectivity index (χ2v) is 3.27. The fourth-order valence-electron chi connectivity index (χ4n) is 1.27. The van der Waals surface area contributed by atoms with Crippen molar-refractivity contribution in [1.29, 1.82) is 0 Å². The van der Waals surface area contributed by atoms with Gasteiger partial charge in [-0.05, 0) is 12.1 Å². The third-order valence-corrected chi connectivity index (χ3v) is 2.01. The molecule has 0 saturated heterocycles. The van der Waals surface area contributed by atoms with E-state index in [2.05, 4.69) is 9.97 Å². The first kappa shape index (κ1) is 9.51. The molecular weight excluding hydrogens is 192 g/mol. The molecule has 2 N–H and O–H groups in total. The Morgan fingerprint density at radius 1 is 1.47 bits per heavy atom. The van der Waals surface area contributed by atoms with Crippen LogP contribution in [0, 0.1) is 0 Å². The molecule has 2 aromatic heterocycles. The Balaban J connectivity index is 2.11. The molecule has 0 aliphatic carbocycles. The molecule has 0 aliphatic heterocycles. The topological polar surface area (TPSA) is 68.2 Å². The summed E-state index contributed by atoms with van der Waals surface area (Å²) in [6.45, 7) is 0.694. The van der Waals surface area contributed by atoms with Crippen LogP contribution >= 0.6 is 0 Å². The molecule has 0 amide bonds. The smallest absolute Gasteiger partial charge is 0.227 e. The SMILES string of the molecule is CN(Cc1ccoc1)c1nccc(N)n1. The van der Waals surface area contributed by atoms with Gasteiger partial charge in [-0.25, -0.2) is 4.98 Å². The number of anilines is 2. The number of hydrogen-bond acceptors (Lipinski definition) is 5. The number of nitrogens with zero attached hydrogens (tertiary/aromatic N) is 3. The maximum atomic E-state index is 5.57. The maximum Gasteiger partial charge on any atom is 0.227 e. The average molecular weight is 204 g/mol. The summed E-state index contributed by atoms with van der Waals surface area (Å²) in [6, 6.07) is 3.57. The van der Waals surface area contributed by atoms with Gasteiger partial charge < -0.3 is 15.1 Å². The van der Waals surface area contributed by atoms with Crippen molar-refractivity contribution in [1.82, 2.24) is 9.97 Å². The van der Waals surface area contributed by atoms with E-state index in [0.29, 0.717) is 18.3 Å². The van der Waals surface area contributed by atoms with Crippen molar-refractivity contribution in [3.63, 3.8) is 0 Å². The average Bonchev–Trinajstić information content (AvgIpc) is 2.70. The highest BCUT2D eigenvalue weighted by molar-refractivity contribution is 5.37. The van der Waals surface area contributed by atoms with Gasteiger partial charge in [0.25, 0.3) is 0 Å². The van der Waals surface area contributed by atoms with Crippen molar-refractivity contribution in [2.75, 3.05) is 17.7 Å². The van der Waals surface area contributed by atoms with E-state index >= 15 is 0 Å². The molecule has 0 spiro atoms. The van der Waals surface area contributed by atoms with Gasteiger partial charge >= 0.3 is 0 Å².